The summed E-state index contributed by atoms with van der Waals surface area (Å²) in [5.74, 6) is -0.0278. The Balaban J connectivity index is 1.52. The minimum atomic E-state index is -0.821. The first kappa shape index (κ1) is 19.6. The highest BCUT2D eigenvalue weighted by molar-refractivity contribution is 5.99. The van der Waals surface area contributed by atoms with E-state index in [1.807, 2.05) is 27.7 Å². The number of carboxylic acids is 1. The average molecular weight is 410 g/mol. The number of amides is 1. The van der Waals surface area contributed by atoms with Crippen LogP contribution >= 0.6 is 0 Å². The van der Waals surface area contributed by atoms with Crippen LogP contribution in [0.1, 0.15) is 60.6 Å². The van der Waals surface area contributed by atoms with Crippen molar-refractivity contribution >= 4 is 22.8 Å². The maximum absolute atomic E-state index is 13.1. The number of hydrogen-bond acceptors (Lipinski definition) is 3. The third kappa shape index (κ3) is 3.41. The molecule has 0 bridgehead atoms. The van der Waals surface area contributed by atoms with Crippen molar-refractivity contribution in [3.63, 3.8) is 0 Å². The van der Waals surface area contributed by atoms with E-state index in [1.165, 1.54) is 24.8 Å². The number of aromatic nitrogens is 1. The van der Waals surface area contributed by atoms with Crippen molar-refractivity contribution in [2.24, 2.45) is 5.92 Å². The fourth-order valence-corrected chi connectivity index (χ4v) is 5.38. The van der Waals surface area contributed by atoms with Gasteiger partial charge in [-0.2, -0.15) is 0 Å². The molecule has 2 aromatic rings. The predicted molar refractivity (Wildman–Crippen MR) is 116 cm³/mol. The number of benzene rings is 1. The summed E-state index contributed by atoms with van der Waals surface area (Å²) >= 11 is 0. The molecule has 2 fully saturated rings. The van der Waals surface area contributed by atoms with E-state index in [9.17, 15) is 14.7 Å². The molecule has 1 saturated heterocycles. The molecule has 0 unspecified atom stereocenters. The molecule has 0 radical (unpaired) electrons. The van der Waals surface area contributed by atoms with E-state index in [4.69, 9.17) is 0 Å². The van der Waals surface area contributed by atoms with Gasteiger partial charge in [-0.05, 0) is 55.4 Å². The summed E-state index contributed by atoms with van der Waals surface area (Å²) < 4.78 is 1.96. The van der Waals surface area contributed by atoms with Crippen molar-refractivity contribution in [1.29, 1.82) is 0 Å². The monoisotopic (exact) mass is 409 g/mol. The molecule has 0 spiro atoms. The standard InChI is InChI=1S/C24H31N3O3/c1-16-7-10-25(11-8-16)24(30)17-5-6-21-19(13-17)20-14-26(18-3-2-4-18)12-9-22(20)27(21)15-23(28)29/h5-6,13,16,18H,2-4,7-12,14-15H2,1H3,(H,28,29). The summed E-state index contributed by atoms with van der Waals surface area (Å²) in [7, 11) is 0. The Kier molecular flexibility index (Phi) is 5.05. The van der Waals surface area contributed by atoms with E-state index >= 15 is 0 Å². The molecule has 1 aromatic heterocycles. The van der Waals surface area contributed by atoms with Gasteiger partial charge in [0.05, 0.1) is 0 Å². The van der Waals surface area contributed by atoms with Gasteiger partial charge in [0.2, 0.25) is 0 Å². The first-order valence-electron chi connectivity index (χ1n) is 11.4. The van der Waals surface area contributed by atoms with E-state index in [-0.39, 0.29) is 12.5 Å². The number of carbonyl (C=O) groups is 2. The van der Waals surface area contributed by atoms with Crippen LogP contribution in [0.4, 0.5) is 0 Å². The van der Waals surface area contributed by atoms with Gasteiger partial charge < -0.3 is 14.6 Å². The summed E-state index contributed by atoms with van der Waals surface area (Å²) in [5.41, 5.74) is 4.04. The topological polar surface area (TPSA) is 65.8 Å². The summed E-state index contributed by atoms with van der Waals surface area (Å²) in [6.07, 6.45) is 6.84. The second kappa shape index (κ2) is 7.73. The van der Waals surface area contributed by atoms with Gasteiger partial charge in [0, 0.05) is 60.8 Å². The van der Waals surface area contributed by atoms with Crippen molar-refractivity contribution < 1.29 is 14.7 Å². The lowest BCUT2D eigenvalue weighted by Gasteiger charge is -2.40. The van der Waals surface area contributed by atoms with Crippen LogP contribution in [0, 0.1) is 5.92 Å². The Morgan fingerprint density at radius 2 is 1.87 bits per heavy atom. The Morgan fingerprint density at radius 1 is 1.10 bits per heavy atom. The van der Waals surface area contributed by atoms with E-state index in [0.717, 1.165) is 67.6 Å². The highest BCUT2D eigenvalue weighted by Gasteiger charge is 2.31. The lowest BCUT2D eigenvalue weighted by molar-refractivity contribution is -0.137. The highest BCUT2D eigenvalue weighted by Crippen LogP contribution is 2.35. The van der Waals surface area contributed by atoms with Crippen LogP contribution in [0.25, 0.3) is 10.9 Å². The number of piperidine rings is 1. The quantitative estimate of drug-likeness (QED) is 0.839. The number of rotatable bonds is 4. The summed E-state index contributed by atoms with van der Waals surface area (Å²) in [5, 5.41) is 10.5. The van der Waals surface area contributed by atoms with Gasteiger partial charge in [-0.1, -0.05) is 13.3 Å². The highest BCUT2D eigenvalue weighted by atomic mass is 16.4. The van der Waals surface area contributed by atoms with Crippen LogP contribution in [0.3, 0.4) is 0 Å². The second-order valence-corrected chi connectivity index (χ2v) is 9.42. The molecule has 30 heavy (non-hydrogen) atoms. The Hall–Kier alpha value is -2.34. The van der Waals surface area contributed by atoms with Gasteiger partial charge in [0.15, 0.2) is 0 Å². The van der Waals surface area contributed by atoms with Crippen molar-refractivity contribution in [3.8, 4) is 0 Å². The largest absolute Gasteiger partial charge is 0.480 e. The maximum Gasteiger partial charge on any atom is 0.323 e. The molecular weight excluding hydrogens is 378 g/mol. The van der Waals surface area contributed by atoms with Gasteiger partial charge in [-0.3, -0.25) is 14.5 Å². The van der Waals surface area contributed by atoms with Crippen molar-refractivity contribution in [2.75, 3.05) is 19.6 Å². The average Bonchev–Trinajstić information content (AvgIpc) is 2.99. The van der Waals surface area contributed by atoms with Gasteiger partial charge in [-0.25, -0.2) is 0 Å². The van der Waals surface area contributed by atoms with Crippen LogP contribution in [-0.4, -0.2) is 57.0 Å². The number of hydrogen-bond donors (Lipinski definition) is 1. The molecule has 1 N–H and O–H groups in total. The summed E-state index contributed by atoms with van der Waals surface area (Å²) in [6, 6.07) is 6.54. The molecule has 1 amide bonds. The van der Waals surface area contributed by atoms with E-state index in [1.54, 1.807) is 0 Å². The Bertz CT molecular complexity index is 983. The SMILES string of the molecule is CC1CCN(C(=O)c2ccc3c(c2)c2c(n3CC(=O)O)CCN(C3CCC3)C2)CC1. The van der Waals surface area contributed by atoms with Gasteiger partial charge in [0.25, 0.3) is 5.91 Å². The zero-order chi connectivity index (χ0) is 20.8. The van der Waals surface area contributed by atoms with Crippen molar-refractivity contribution in [3.05, 3.63) is 35.0 Å². The van der Waals surface area contributed by atoms with Gasteiger partial charge in [-0.15, -0.1) is 0 Å². The molecule has 2 aliphatic heterocycles. The third-order valence-electron chi connectivity index (χ3n) is 7.49. The van der Waals surface area contributed by atoms with Gasteiger partial charge in [0.1, 0.15) is 6.54 Å². The lowest BCUT2D eigenvalue weighted by Crippen LogP contribution is -2.43. The number of nitrogens with zero attached hydrogens (tertiary/aromatic N) is 3. The molecule has 160 valence electrons. The molecule has 1 aliphatic carbocycles. The smallest absolute Gasteiger partial charge is 0.323 e. The third-order valence-corrected chi connectivity index (χ3v) is 7.49. The molecule has 3 heterocycles. The first-order valence-corrected chi connectivity index (χ1v) is 11.4. The summed E-state index contributed by atoms with van der Waals surface area (Å²) in [4.78, 5) is 29.2. The van der Waals surface area contributed by atoms with Crippen LogP contribution in [0.15, 0.2) is 18.2 Å². The zero-order valence-corrected chi connectivity index (χ0v) is 17.8. The number of carbonyl (C=O) groups excluding carboxylic acids is 1. The number of aliphatic carboxylic acids is 1. The van der Waals surface area contributed by atoms with E-state index < -0.39 is 5.97 Å². The normalized spacial score (nSPS) is 20.9. The molecule has 5 rings (SSSR count). The molecular formula is C24H31N3O3. The molecule has 6 nitrogen and oxygen atoms in total. The van der Waals surface area contributed by atoms with Crippen LogP contribution in [0.2, 0.25) is 0 Å². The molecule has 1 aromatic carbocycles. The minimum Gasteiger partial charge on any atom is -0.480 e. The van der Waals surface area contributed by atoms with Gasteiger partial charge >= 0.3 is 5.97 Å². The fourth-order valence-electron chi connectivity index (χ4n) is 5.38. The summed E-state index contributed by atoms with van der Waals surface area (Å²) in [6.45, 7) is 5.73. The number of likely N-dealkylation sites (tertiary alicyclic amines) is 1. The Morgan fingerprint density at radius 3 is 2.53 bits per heavy atom. The van der Waals surface area contributed by atoms with Crippen LogP contribution in [-0.2, 0) is 24.3 Å². The first-order chi connectivity index (χ1) is 14.5. The zero-order valence-electron chi connectivity index (χ0n) is 17.8. The van der Waals surface area contributed by atoms with Crippen molar-refractivity contribution in [2.45, 2.75) is 64.6 Å². The minimum absolute atomic E-state index is 0.0213. The molecule has 6 heteroatoms. The van der Waals surface area contributed by atoms with E-state index in [0.29, 0.717) is 12.0 Å². The maximum atomic E-state index is 13.1. The van der Waals surface area contributed by atoms with E-state index in [2.05, 4.69) is 11.8 Å². The predicted octanol–water partition coefficient (Wildman–Crippen LogP) is 3.51. The molecule has 1 saturated carbocycles. The molecule has 0 atom stereocenters. The Labute approximate surface area is 177 Å². The lowest BCUT2D eigenvalue weighted by atomic mass is 9.89. The second-order valence-electron chi connectivity index (χ2n) is 9.42. The fraction of sp³-hybridized carbons (Fsp3) is 0.583. The van der Waals surface area contributed by atoms with Crippen LogP contribution in [0.5, 0.6) is 0 Å². The number of fused-ring (bicyclic) bond motifs is 3. The molecule has 3 aliphatic rings. The van der Waals surface area contributed by atoms with Crippen LogP contribution < -0.4 is 0 Å². The van der Waals surface area contributed by atoms with Crippen molar-refractivity contribution in [1.82, 2.24) is 14.4 Å². The number of carboxylic acid groups (broad SMARTS) is 1.